The standard InChI is InChI=1S/C15H20ClN3O2/c1-10-3-4-13(7-11(10)2)19-9-12(8-14(19)20)18-15(21)17-6-5-16/h3-4,7,12H,5-6,8-9H2,1-2H3,(H2,17,18,21)/t12-/m1/s1. The van der Waals surface area contributed by atoms with Crippen LogP contribution in [0.2, 0.25) is 0 Å². The van der Waals surface area contributed by atoms with E-state index < -0.39 is 0 Å². The van der Waals surface area contributed by atoms with Gasteiger partial charge < -0.3 is 15.5 Å². The predicted molar refractivity (Wildman–Crippen MR) is 83.9 cm³/mol. The first kappa shape index (κ1) is 15.6. The maximum absolute atomic E-state index is 12.1. The van der Waals surface area contributed by atoms with Gasteiger partial charge in [0.1, 0.15) is 0 Å². The summed E-state index contributed by atoms with van der Waals surface area (Å²) in [5.74, 6) is 0.395. The number of amides is 3. The van der Waals surface area contributed by atoms with E-state index >= 15 is 0 Å². The Hall–Kier alpha value is -1.75. The van der Waals surface area contributed by atoms with Crippen LogP contribution in [0.4, 0.5) is 10.5 Å². The summed E-state index contributed by atoms with van der Waals surface area (Å²) < 4.78 is 0. The minimum atomic E-state index is -0.282. The number of anilines is 1. The third-order valence-corrected chi connectivity index (χ3v) is 3.83. The fourth-order valence-electron chi connectivity index (χ4n) is 2.34. The Bertz CT molecular complexity index is 548. The highest BCUT2D eigenvalue weighted by Gasteiger charge is 2.31. The van der Waals surface area contributed by atoms with Gasteiger partial charge >= 0.3 is 6.03 Å². The average Bonchev–Trinajstić information content (AvgIpc) is 2.80. The molecule has 1 aromatic rings. The van der Waals surface area contributed by atoms with Crippen LogP contribution in [-0.4, -0.2) is 36.9 Å². The number of carbonyl (C=O) groups is 2. The summed E-state index contributed by atoms with van der Waals surface area (Å²) in [7, 11) is 0. The molecule has 6 heteroatoms. The van der Waals surface area contributed by atoms with E-state index in [4.69, 9.17) is 11.6 Å². The van der Waals surface area contributed by atoms with Crippen LogP contribution in [0, 0.1) is 13.8 Å². The topological polar surface area (TPSA) is 61.4 Å². The maximum atomic E-state index is 12.1. The lowest BCUT2D eigenvalue weighted by Crippen LogP contribution is -2.43. The van der Waals surface area contributed by atoms with Crippen LogP contribution < -0.4 is 15.5 Å². The SMILES string of the molecule is Cc1ccc(N2C[C@H](NC(=O)NCCCl)CC2=O)cc1C. The van der Waals surface area contributed by atoms with E-state index in [-0.39, 0.29) is 18.0 Å². The zero-order chi connectivity index (χ0) is 15.4. The van der Waals surface area contributed by atoms with Crippen LogP contribution in [0.25, 0.3) is 0 Å². The number of benzene rings is 1. The monoisotopic (exact) mass is 309 g/mol. The minimum Gasteiger partial charge on any atom is -0.337 e. The van der Waals surface area contributed by atoms with E-state index in [0.29, 0.717) is 25.4 Å². The van der Waals surface area contributed by atoms with Crippen LogP contribution in [0.1, 0.15) is 17.5 Å². The van der Waals surface area contributed by atoms with Crippen molar-refractivity contribution < 1.29 is 9.59 Å². The van der Waals surface area contributed by atoms with Crippen molar-refractivity contribution in [3.63, 3.8) is 0 Å². The molecular weight excluding hydrogens is 290 g/mol. The summed E-state index contributed by atoms with van der Waals surface area (Å²) in [4.78, 5) is 25.4. The molecule has 1 atom stereocenters. The molecule has 0 saturated carbocycles. The highest BCUT2D eigenvalue weighted by molar-refractivity contribution is 6.18. The van der Waals surface area contributed by atoms with E-state index in [1.807, 2.05) is 32.0 Å². The van der Waals surface area contributed by atoms with Crippen molar-refractivity contribution in [3.8, 4) is 0 Å². The molecule has 1 fully saturated rings. The third kappa shape index (κ3) is 3.88. The van der Waals surface area contributed by atoms with Gasteiger partial charge in [0.25, 0.3) is 0 Å². The predicted octanol–water partition coefficient (Wildman–Crippen LogP) is 1.95. The summed E-state index contributed by atoms with van der Waals surface area (Å²) in [6.07, 6.45) is 0.321. The highest BCUT2D eigenvalue weighted by atomic mass is 35.5. The van der Waals surface area contributed by atoms with Gasteiger partial charge in [0.2, 0.25) is 5.91 Å². The quantitative estimate of drug-likeness (QED) is 0.835. The highest BCUT2D eigenvalue weighted by Crippen LogP contribution is 2.23. The number of nitrogens with zero attached hydrogens (tertiary/aromatic N) is 1. The van der Waals surface area contributed by atoms with Crippen LogP contribution in [0.5, 0.6) is 0 Å². The van der Waals surface area contributed by atoms with Crippen LogP contribution >= 0.6 is 11.6 Å². The van der Waals surface area contributed by atoms with Crippen molar-refractivity contribution in [1.82, 2.24) is 10.6 Å². The largest absolute Gasteiger partial charge is 0.337 e. The number of alkyl halides is 1. The molecule has 114 valence electrons. The van der Waals surface area contributed by atoms with Gasteiger partial charge in [-0.2, -0.15) is 0 Å². The molecule has 0 aliphatic carbocycles. The van der Waals surface area contributed by atoms with Crippen LogP contribution in [-0.2, 0) is 4.79 Å². The molecule has 0 aromatic heterocycles. The van der Waals surface area contributed by atoms with Gasteiger partial charge in [0.05, 0.1) is 6.04 Å². The van der Waals surface area contributed by atoms with E-state index in [2.05, 4.69) is 10.6 Å². The van der Waals surface area contributed by atoms with Crippen molar-refractivity contribution in [3.05, 3.63) is 29.3 Å². The molecule has 2 N–H and O–H groups in total. The molecule has 0 unspecified atom stereocenters. The van der Waals surface area contributed by atoms with Crippen molar-refractivity contribution in [1.29, 1.82) is 0 Å². The molecule has 1 saturated heterocycles. The zero-order valence-electron chi connectivity index (χ0n) is 12.3. The number of halogens is 1. The second-order valence-electron chi connectivity index (χ2n) is 5.26. The number of nitrogens with one attached hydrogen (secondary N) is 2. The second-order valence-corrected chi connectivity index (χ2v) is 5.64. The molecule has 3 amide bonds. The van der Waals surface area contributed by atoms with Gasteiger partial charge in [-0.15, -0.1) is 11.6 Å². The van der Waals surface area contributed by atoms with Gasteiger partial charge in [-0.05, 0) is 37.1 Å². The third-order valence-electron chi connectivity index (χ3n) is 3.64. The molecule has 0 bridgehead atoms. The van der Waals surface area contributed by atoms with Gasteiger partial charge in [0.15, 0.2) is 0 Å². The molecule has 0 spiro atoms. The molecule has 0 radical (unpaired) electrons. The Morgan fingerprint density at radius 1 is 1.38 bits per heavy atom. The Morgan fingerprint density at radius 2 is 2.14 bits per heavy atom. The van der Waals surface area contributed by atoms with Crippen molar-refractivity contribution in [2.24, 2.45) is 0 Å². The molecule has 21 heavy (non-hydrogen) atoms. The van der Waals surface area contributed by atoms with Gasteiger partial charge in [-0.3, -0.25) is 4.79 Å². The smallest absolute Gasteiger partial charge is 0.315 e. The Kier molecular flexibility index (Phi) is 5.07. The van der Waals surface area contributed by atoms with E-state index in [0.717, 1.165) is 11.3 Å². The van der Waals surface area contributed by atoms with E-state index in [1.54, 1.807) is 4.90 Å². The van der Waals surface area contributed by atoms with Gasteiger partial charge in [-0.25, -0.2) is 4.79 Å². The average molecular weight is 310 g/mol. The van der Waals surface area contributed by atoms with E-state index in [9.17, 15) is 9.59 Å². The minimum absolute atomic E-state index is 0.0286. The molecule has 2 rings (SSSR count). The second kappa shape index (κ2) is 6.80. The first-order valence-corrected chi connectivity index (χ1v) is 7.52. The molecular formula is C15H20ClN3O2. The Labute approximate surface area is 129 Å². The molecule has 1 heterocycles. The molecule has 1 aliphatic heterocycles. The molecule has 1 aliphatic rings. The number of aryl methyl sites for hydroxylation is 2. The fraction of sp³-hybridized carbons (Fsp3) is 0.467. The summed E-state index contributed by atoms with van der Waals surface area (Å²) >= 11 is 5.51. The fourth-order valence-corrected chi connectivity index (χ4v) is 2.44. The summed E-state index contributed by atoms with van der Waals surface area (Å²) in [6, 6.07) is 5.50. The van der Waals surface area contributed by atoms with Crippen molar-refractivity contribution in [2.75, 3.05) is 23.9 Å². The summed E-state index contributed by atoms with van der Waals surface area (Å²) in [5.41, 5.74) is 3.23. The van der Waals surface area contributed by atoms with Crippen molar-refractivity contribution >= 4 is 29.2 Å². The first-order valence-electron chi connectivity index (χ1n) is 6.99. The lowest BCUT2D eigenvalue weighted by Gasteiger charge is -2.18. The number of hydrogen-bond acceptors (Lipinski definition) is 2. The number of urea groups is 1. The number of hydrogen-bond donors (Lipinski definition) is 2. The summed E-state index contributed by atoms with van der Waals surface area (Å²) in [5, 5.41) is 5.43. The van der Waals surface area contributed by atoms with Crippen LogP contribution in [0.3, 0.4) is 0 Å². The van der Waals surface area contributed by atoms with Gasteiger partial charge in [-0.1, -0.05) is 6.07 Å². The maximum Gasteiger partial charge on any atom is 0.315 e. The lowest BCUT2D eigenvalue weighted by molar-refractivity contribution is -0.117. The Balaban J connectivity index is 1.99. The van der Waals surface area contributed by atoms with E-state index in [1.165, 1.54) is 5.56 Å². The zero-order valence-corrected chi connectivity index (χ0v) is 13.0. The number of rotatable bonds is 4. The lowest BCUT2D eigenvalue weighted by atomic mass is 10.1. The van der Waals surface area contributed by atoms with Gasteiger partial charge in [0, 0.05) is 31.1 Å². The molecule has 5 nitrogen and oxygen atoms in total. The van der Waals surface area contributed by atoms with Crippen molar-refractivity contribution in [2.45, 2.75) is 26.3 Å². The number of carbonyl (C=O) groups excluding carboxylic acids is 2. The molecule has 1 aromatic carbocycles. The van der Waals surface area contributed by atoms with Crippen LogP contribution in [0.15, 0.2) is 18.2 Å². The normalized spacial score (nSPS) is 18.0. The Morgan fingerprint density at radius 3 is 2.81 bits per heavy atom. The first-order chi connectivity index (χ1) is 10.0. The summed E-state index contributed by atoms with van der Waals surface area (Å²) in [6.45, 7) is 4.97.